The molecule has 0 atom stereocenters. The number of carbonyl (C=O) groups excluding carboxylic acids is 1. The van der Waals surface area contributed by atoms with E-state index in [9.17, 15) is 4.79 Å². The highest BCUT2D eigenvalue weighted by molar-refractivity contribution is 5.78. The number of methoxy groups -OCH3 is 1. The fraction of sp³-hybridized carbons (Fsp3) is 0.688. The standard InChI is InChI=1S/C16H26N2O3/c1-13-4-5-15(21-13)12-18-9-6-14(7-10-18)16(19)17-8-3-11-20-2/h4-5,14H,3,6-12H2,1-2H3,(H,17,19)/p+1. The Hall–Kier alpha value is -1.33. The lowest BCUT2D eigenvalue weighted by atomic mass is 9.96. The van der Waals surface area contributed by atoms with E-state index in [-0.39, 0.29) is 11.8 Å². The lowest BCUT2D eigenvalue weighted by Gasteiger charge is -2.28. The molecule has 0 radical (unpaired) electrons. The van der Waals surface area contributed by atoms with Gasteiger partial charge in [0.15, 0.2) is 5.76 Å². The van der Waals surface area contributed by atoms with Crippen molar-refractivity contribution in [3.05, 3.63) is 23.7 Å². The number of quaternary nitrogens is 1. The smallest absolute Gasteiger partial charge is 0.223 e. The first-order valence-electron chi connectivity index (χ1n) is 7.84. The summed E-state index contributed by atoms with van der Waals surface area (Å²) in [5.74, 6) is 2.40. The largest absolute Gasteiger partial charge is 0.460 e. The fourth-order valence-corrected chi connectivity index (χ4v) is 2.86. The number of amides is 1. The van der Waals surface area contributed by atoms with Gasteiger partial charge in [-0.05, 0) is 25.5 Å². The Morgan fingerprint density at radius 2 is 2.19 bits per heavy atom. The van der Waals surface area contributed by atoms with E-state index in [1.54, 1.807) is 7.11 Å². The maximum Gasteiger partial charge on any atom is 0.223 e. The molecule has 5 nitrogen and oxygen atoms in total. The summed E-state index contributed by atoms with van der Waals surface area (Å²) in [6, 6.07) is 4.06. The summed E-state index contributed by atoms with van der Waals surface area (Å²) < 4.78 is 10.6. The van der Waals surface area contributed by atoms with Crippen molar-refractivity contribution in [1.29, 1.82) is 0 Å². The number of carbonyl (C=O) groups is 1. The molecular formula is C16H27N2O3+. The summed E-state index contributed by atoms with van der Waals surface area (Å²) in [4.78, 5) is 13.6. The van der Waals surface area contributed by atoms with E-state index < -0.39 is 0 Å². The minimum Gasteiger partial charge on any atom is -0.460 e. The molecule has 2 N–H and O–H groups in total. The number of hydrogen-bond acceptors (Lipinski definition) is 3. The van der Waals surface area contributed by atoms with Crippen LogP contribution in [0.3, 0.4) is 0 Å². The first kappa shape index (κ1) is 16.0. The molecule has 1 amide bonds. The Morgan fingerprint density at radius 1 is 1.43 bits per heavy atom. The number of rotatable bonds is 7. The van der Waals surface area contributed by atoms with Crippen LogP contribution in [-0.2, 0) is 16.1 Å². The van der Waals surface area contributed by atoms with Crippen LogP contribution >= 0.6 is 0 Å². The van der Waals surface area contributed by atoms with Gasteiger partial charge >= 0.3 is 0 Å². The molecule has 5 heteroatoms. The summed E-state index contributed by atoms with van der Waals surface area (Å²) in [7, 11) is 1.68. The number of ether oxygens (including phenoxy) is 1. The third kappa shape index (κ3) is 5.17. The molecule has 1 aliphatic rings. The van der Waals surface area contributed by atoms with E-state index in [0.717, 1.165) is 50.4 Å². The van der Waals surface area contributed by atoms with Crippen molar-refractivity contribution in [3.63, 3.8) is 0 Å². The van der Waals surface area contributed by atoms with Crippen LogP contribution in [0.15, 0.2) is 16.5 Å². The monoisotopic (exact) mass is 295 g/mol. The summed E-state index contributed by atoms with van der Waals surface area (Å²) in [5, 5.41) is 3.01. The summed E-state index contributed by atoms with van der Waals surface area (Å²) in [6.45, 7) is 6.39. The number of nitrogens with one attached hydrogen (secondary N) is 2. The Kier molecular flexibility index (Phi) is 6.26. The van der Waals surface area contributed by atoms with Gasteiger partial charge in [-0.15, -0.1) is 0 Å². The van der Waals surface area contributed by atoms with Gasteiger partial charge < -0.3 is 19.4 Å². The molecule has 2 rings (SSSR count). The van der Waals surface area contributed by atoms with Crippen molar-refractivity contribution in [3.8, 4) is 0 Å². The zero-order valence-electron chi connectivity index (χ0n) is 13.1. The molecule has 1 fully saturated rings. The second kappa shape index (κ2) is 8.20. The van der Waals surface area contributed by atoms with Gasteiger partial charge in [0, 0.05) is 39.0 Å². The molecule has 1 aliphatic heterocycles. The highest BCUT2D eigenvalue weighted by atomic mass is 16.5. The number of aryl methyl sites for hydroxylation is 1. The van der Waals surface area contributed by atoms with Gasteiger partial charge in [0.25, 0.3) is 0 Å². The number of furan rings is 1. The molecule has 0 unspecified atom stereocenters. The van der Waals surface area contributed by atoms with Gasteiger partial charge in [-0.1, -0.05) is 0 Å². The summed E-state index contributed by atoms with van der Waals surface area (Å²) >= 11 is 0. The zero-order valence-corrected chi connectivity index (χ0v) is 13.1. The van der Waals surface area contributed by atoms with Crippen molar-refractivity contribution in [2.24, 2.45) is 5.92 Å². The normalized spacial score (nSPS) is 22.2. The van der Waals surface area contributed by atoms with Crippen molar-refractivity contribution < 1.29 is 18.8 Å². The van der Waals surface area contributed by atoms with Crippen LogP contribution in [0.4, 0.5) is 0 Å². The zero-order chi connectivity index (χ0) is 15.1. The van der Waals surface area contributed by atoms with Crippen LogP contribution in [0.5, 0.6) is 0 Å². The predicted molar refractivity (Wildman–Crippen MR) is 80.1 cm³/mol. The molecule has 1 saturated heterocycles. The molecule has 2 heterocycles. The minimum atomic E-state index is 0.176. The molecule has 0 spiro atoms. The quantitative estimate of drug-likeness (QED) is 0.722. The highest BCUT2D eigenvalue weighted by Gasteiger charge is 2.27. The van der Waals surface area contributed by atoms with Crippen molar-refractivity contribution >= 4 is 5.91 Å². The lowest BCUT2D eigenvalue weighted by Crippen LogP contribution is -3.11. The van der Waals surface area contributed by atoms with Crippen LogP contribution in [-0.4, -0.2) is 39.3 Å². The van der Waals surface area contributed by atoms with Gasteiger partial charge in [0.05, 0.1) is 13.1 Å². The average molecular weight is 295 g/mol. The lowest BCUT2D eigenvalue weighted by molar-refractivity contribution is -0.920. The SMILES string of the molecule is COCCCNC(=O)C1CC[NH+](Cc2ccc(C)o2)CC1. The van der Waals surface area contributed by atoms with Crippen LogP contribution in [0.25, 0.3) is 0 Å². The van der Waals surface area contributed by atoms with Gasteiger partial charge in [-0.3, -0.25) is 4.79 Å². The number of hydrogen-bond donors (Lipinski definition) is 2. The number of likely N-dealkylation sites (tertiary alicyclic amines) is 1. The van der Waals surface area contributed by atoms with E-state index in [1.165, 1.54) is 4.90 Å². The average Bonchev–Trinajstić information content (AvgIpc) is 2.89. The maximum absolute atomic E-state index is 12.0. The maximum atomic E-state index is 12.0. The van der Waals surface area contributed by atoms with Crippen LogP contribution < -0.4 is 10.2 Å². The second-order valence-corrected chi connectivity index (χ2v) is 5.85. The Morgan fingerprint density at radius 3 is 2.81 bits per heavy atom. The van der Waals surface area contributed by atoms with Crippen molar-refractivity contribution in [2.75, 3.05) is 33.4 Å². The van der Waals surface area contributed by atoms with Crippen molar-refractivity contribution in [2.45, 2.75) is 32.7 Å². The second-order valence-electron chi connectivity index (χ2n) is 5.85. The van der Waals surface area contributed by atoms with E-state index in [4.69, 9.17) is 9.15 Å². The predicted octanol–water partition coefficient (Wildman–Crippen LogP) is 0.536. The molecule has 0 saturated carbocycles. The van der Waals surface area contributed by atoms with E-state index >= 15 is 0 Å². The van der Waals surface area contributed by atoms with E-state index in [0.29, 0.717) is 13.2 Å². The van der Waals surface area contributed by atoms with Gasteiger partial charge in [-0.25, -0.2) is 0 Å². The Bertz CT molecular complexity index is 436. The molecule has 0 aliphatic carbocycles. The highest BCUT2D eigenvalue weighted by Crippen LogP contribution is 2.11. The minimum absolute atomic E-state index is 0.176. The van der Waals surface area contributed by atoms with Gasteiger partial charge in [0.1, 0.15) is 12.3 Å². The van der Waals surface area contributed by atoms with E-state index in [1.807, 2.05) is 13.0 Å². The molecule has 1 aromatic rings. The van der Waals surface area contributed by atoms with Crippen LogP contribution in [0.2, 0.25) is 0 Å². The Balaban J connectivity index is 1.66. The molecular weight excluding hydrogens is 268 g/mol. The molecule has 118 valence electrons. The molecule has 0 aromatic carbocycles. The third-order valence-corrected chi connectivity index (χ3v) is 4.11. The molecule has 0 bridgehead atoms. The number of piperidine rings is 1. The van der Waals surface area contributed by atoms with E-state index in [2.05, 4.69) is 11.4 Å². The summed E-state index contributed by atoms with van der Waals surface area (Å²) in [6.07, 6.45) is 2.81. The van der Waals surface area contributed by atoms with Gasteiger partial charge in [-0.2, -0.15) is 0 Å². The molecule has 21 heavy (non-hydrogen) atoms. The summed E-state index contributed by atoms with van der Waals surface area (Å²) in [5.41, 5.74) is 0. The van der Waals surface area contributed by atoms with Gasteiger partial charge in [0.2, 0.25) is 5.91 Å². The Labute approximate surface area is 126 Å². The van der Waals surface area contributed by atoms with Crippen LogP contribution in [0.1, 0.15) is 30.8 Å². The third-order valence-electron chi connectivity index (χ3n) is 4.11. The van der Waals surface area contributed by atoms with Crippen LogP contribution in [0, 0.1) is 12.8 Å². The first-order chi connectivity index (χ1) is 10.2. The first-order valence-corrected chi connectivity index (χ1v) is 7.84. The fourth-order valence-electron chi connectivity index (χ4n) is 2.86. The topological polar surface area (TPSA) is 55.9 Å². The van der Waals surface area contributed by atoms with Crippen molar-refractivity contribution in [1.82, 2.24) is 5.32 Å². The molecule has 1 aromatic heterocycles.